The van der Waals surface area contributed by atoms with Crippen molar-refractivity contribution in [3.05, 3.63) is 54.1 Å². The fourth-order valence-electron chi connectivity index (χ4n) is 3.37. The zero-order valence-corrected chi connectivity index (χ0v) is 16.2. The van der Waals surface area contributed by atoms with Gasteiger partial charge in [-0.25, -0.2) is 4.79 Å². The Morgan fingerprint density at radius 1 is 1.28 bits per heavy atom. The molecule has 7 heteroatoms. The molecule has 3 N–H and O–H groups in total. The molecule has 0 aliphatic carbocycles. The first-order valence-electron chi connectivity index (χ1n) is 9.62. The van der Waals surface area contributed by atoms with Gasteiger partial charge < -0.3 is 20.5 Å². The van der Waals surface area contributed by atoms with E-state index in [1.54, 1.807) is 49.4 Å². The zero-order valence-electron chi connectivity index (χ0n) is 16.2. The molecule has 0 saturated carbocycles. The van der Waals surface area contributed by atoms with Crippen molar-refractivity contribution in [1.82, 2.24) is 10.6 Å². The van der Waals surface area contributed by atoms with E-state index in [2.05, 4.69) is 10.6 Å². The molecule has 0 radical (unpaired) electrons. The monoisotopic (exact) mass is 396 g/mol. The van der Waals surface area contributed by atoms with Crippen LogP contribution in [0.1, 0.15) is 30.1 Å². The molecular formula is C22H24N2O5. The van der Waals surface area contributed by atoms with Crippen LogP contribution in [-0.2, 0) is 14.3 Å². The fourth-order valence-corrected chi connectivity index (χ4v) is 3.37. The first kappa shape index (κ1) is 20.4. The second-order valence-corrected chi connectivity index (χ2v) is 6.95. The van der Waals surface area contributed by atoms with Gasteiger partial charge in [0.1, 0.15) is 5.75 Å². The molecule has 3 rings (SSSR count). The van der Waals surface area contributed by atoms with Crippen LogP contribution in [0.4, 0.5) is 0 Å². The van der Waals surface area contributed by atoms with Crippen LogP contribution < -0.4 is 10.6 Å². The highest BCUT2D eigenvalue weighted by atomic mass is 16.5. The normalized spacial score (nSPS) is 17.3. The predicted molar refractivity (Wildman–Crippen MR) is 108 cm³/mol. The van der Waals surface area contributed by atoms with Gasteiger partial charge in [-0.1, -0.05) is 18.2 Å². The molecule has 1 fully saturated rings. The van der Waals surface area contributed by atoms with Crippen LogP contribution >= 0.6 is 0 Å². The Balaban J connectivity index is 1.76. The molecule has 1 heterocycles. The van der Waals surface area contributed by atoms with Crippen molar-refractivity contribution in [3.63, 3.8) is 0 Å². The number of phenols is 1. The number of ether oxygens (including phenoxy) is 1. The minimum Gasteiger partial charge on any atom is -0.508 e. The Bertz CT molecular complexity index is 953. The van der Waals surface area contributed by atoms with Gasteiger partial charge in [0.25, 0.3) is 5.91 Å². The van der Waals surface area contributed by atoms with Gasteiger partial charge in [-0.05, 0) is 54.8 Å². The average molecular weight is 396 g/mol. The Hall–Kier alpha value is -3.35. The lowest BCUT2D eigenvalue weighted by atomic mass is 9.97. The minimum absolute atomic E-state index is 0.0423. The van der Waals surface area contributed by atoms with Gasteiger partial charge in [0, 0.05) is 30.1 Å². The molecular weight excluding hydrogens is 372 g/mol. The number of hydrogen-bond donors (Lipinski definition) is 3. The number of carbonyl (C=O) groups excluding carboxylic acids is 3. The lowest BCUT2D eigenvalue weighted by Crippen LogP contribution is -2.36. The van der Waals surface area contributed by atoms with Crippen LogP contribution in [0.15, 0.2) is 48.6 Å². The van der Waals surface area contributed by atoms with E-state index < -0.39 is 12.0 Å². The smallest absolute Gasteiger partial charge is 0.330 e. The van der Waals surface area contributed by atoms with Gasteiger partial charge in [0.2, 0.25) is 5.91 Å². The van der Waals surface area contributed by atoms with Crippen LogP contribution in [0.25, 0.3) is 10.8 Å². The second-order valence-electron chi connectivity index (χ2n) is 6.95. The summed E-state index contributed by atoms with van der Waals surface area (Å²) in [6, 6.07) is 9.61. The van der Waals surface area contributed by atoms with Gasteiger partial charge in [0.15, 0.2) is 0 Å². The number of aromatic hydroxyl groups is 1. The minimum atomic E-state index is -0.492. The summed E-state index contributed by atoms with van der Waals surface area (Å²) in [5.41, 5.74) is 0.452. The zero-order chi connectivity index (χ0) is 20.8. The summed E-state index contributed by atoms with van der Waals surface area (Å²) in [7, 11) is 0. The van der Waals surface area contributed by atoms with Crippen molar-refractivity contribution >= 4 is 28.6 Å². The molecule has 0 bridgehead atoms. The van der Waals surface area contributed by atoms with E-state index in [9.17, 15) is 19.5 Å². The molecule has 2 unspecified atom stereocenters. The summed E-state index contributed by atoms with van der Waals surface area (Å²) >= 11 is 0. The number of hydrogen-bond acceptors (Lipinski definition) is 5. The van der Waals surface area contributed by atoms with E-state index in [0.29, 0.717) is 24.9 Å². The molecule has 2 aromatic rings. The first-order chi connectivity index (χ1) is 14.0. The van der Waals surface area contributed by atoms with Crippen molar-refractivity contribution in [3.8, 4) is 5.75 Å². The summed E-state index contributed by atoms with van der Waals surface area (Å²) in [5, 5.41) is 16.9. The molecule has 1 saturated heterocycles. The standard InChI is InChI=1S/C22H24N2O5/c1-2-29-20(26)8-6-18(12-17-9-10-23-21(17)27)24-22(28)16-4-3-15-13-19(25)7-5-14(15)11-16/h3-8,11,13,17-18,25H,2,9-10,12H2,1H3,(H,23,27)(H,24,28)/b8-6+. The van der Waals surface area contributed by atoms with Crippen molar-refractivity contribution in [1.29, 1.82) is 0 Å². The maximum atomic E-state index is 12.8. The first-order valence-corrected chi connectivity index (χ1v) is 9.62. The Labute approximate surface area is 168 Å². The quantitative estimate of drug-likeness (QED) is 0.492. The Kier molecular flexibility index (Phi) is 6.49. The summed E-state index contributed by atoms with van der Waals surface area (Å²) in [6.07, 6.45) is 3.94. The number of amides is 2. The summed E-state index contributed by atoms with van der Waals surface area (Å²) in [5.74, 6) is -0.898. The summed E-state index contributed by atoms with van der Waals surface area (Å²) in [4.78, 5) is 36.4. The highest BCUT2D eigenvalue weighted by Crippen LogP contribution is 2.22. The third kappa shape index (κ3) is 5.34. The molecule has 7 nitrogen and oxygen atoms in total. The maximum absolute atomic E-state index is 12.8. The molecule has 0 spiro atoms. The highest BCUT2D eigenvalue weighted by molar-refractivity contribution is 5.99. The van der Waals surface area contributed by atoms with Crippen molar-refractivity contribution < 1.29 is 24.2 Å². The maximum Gasteiger partial charge on any atom is 0.330 e. The van der Waals surface area contributed by atoms with Gasteiger partial charge >= 0.3 is 5.97 Å². The molecule has 152 valence electrons. The Morgan fingerprint density at radius 3 is 2.76 bits per heavy atom. The number of phenolic OH excluding ortho intramolecular Hbond substituents is 1. The molecule has 2 atom stereocenters. The molecule has 1 aliphatic rings. The van der Waals surface area contributed by atoms with Gasteiger partial charge in [-0.3, -0.25) is 9.59 Å². The SMILES string of the molecule is CCOC(=O)/C=C/C(CC1CCNC1=O)NC(=O)c1ccc2cc(O)ccc2c1. The molecule has 0 aromatic heterocycles. The average Bonchev–Trinajstić information content (AvgIpc) is 3.10. The Morgan fingerprint density at radius 2 is 2.03 bits per heavy atom. The van der Waals surface area contributed by atoms with Crippen LogP contribution in [0.5, 0.6) is 5.75 Å². The lowest BCUT2D eigenvalue weighted by Gasteiger charge is -2.18. The van der Waals surface area contributed by atoms with Crippen molar-refractivity contribution in [2.45, 2.75) is 25.8 Å². The van der Waals surface area contributed by atoms with E-state index in [1.165, 1.54) is 6.08 Å². The number of rotatable bonds is 7. The number of carbonyl (C=O) groups is 3. The van der Waals surface area contributed by atoms with E-state index in [4.69, 9.17) is 4.74 Å². The van der Waals surface area contributed by atoms with E-state index in [-0.39, 0.29) is 30.1 Å². The molecule has 2 amide bonds. The molecule has 29 heavy (non-hydrogen) atoms. The highest BCUT2D eigenvalue weighted by Gasteiger charge is 2.27. The van der Waals surface area contributed by atoms with E-state index in [1.807, 2.05) is 0 Å². The topological polar surface area (TPSA) is 105 Å². The number of benzene rings is 2. The van der Waals surface area contributed by atoms with Crippen LogP contribution in [0.3, 0.4) is 0 Å². The van der Waals surface area contributed by atoms with Gasteiger partial charge in [-0.15, -0.1) is 0 Å². The van der Waals surface area contributed by atoms with Crippen LogP contribution in [-0.4, -0.2) is 42.1 Å². The number of fused-ring (bicyclic) bond motifs is 1. The largest absolute Gasteiger partial charge is 0.508 e. The van der Waals surface area contributed by atoms with Crippen molar-refractivity contribution in [2.75, 3.05) is 13.2 Å². The van der Waals surface area contributed by atoms with Crippen molar-refractivity contribution in [2.24, 2.45) is 5.92 Å². The van der Waals surface area contributed by atoms with E-state index in [0.717, 1.165) is 10.8 Å². The van der Waals surface area contributed by atoms with Crippen LogP contribution in [0, 0.1) is 5.92 Å². The number of esters is 1. The van der Waals surface area contributed by atoms with E-state index >= 15 is 0 Å². The summed E-state index contributed by atoms with van der Waals surface area (Å²) in [6.45, 7) is 2.59. The molecule has 2 aromatic carbocycles. The van der Waals surface area contributed by atoms with Gasteiger partial charge in [0.05, 0.1) is 6.61 Å². The number of nitrogens with one attached hydrogen (secondary N) is 2. The van der Waals surface area contributed by atoms with Gasteiger partial charge in [-0.2, -0.15) is 0 Å². The third-order valence-electron chi connectivity index (χ3n) is 4.85. The van der Waals surface area contributed by atoms with Crippen LogP contribution in [0.2, 0.25) is 0 Å². The predicted octanol–water partition coefficient (Wildman–Crippen LogP) is 2.29. The third-order valence-corrected chi connectivity index (χ3v) is 4.85. The summed E-state index contributed by atoms with van der Waals surface area (Å²) < 4.78 is 4.89. The fraction of sp³-hybridized carbons (Fsp3) is 0.318. The second kappa shape index (κ2) is 9.23. The lowest BCUT2D eigenvalue weighted by molar-refractivity contribution is -0.137. The molecule has 1 aliphatic heterocycles.